The third kappa shape index (κ3) is 6.57. The van der Waals surface area contributed by atoms with Gasteiger partial charge in [0.05, 0.1) is 6.26 Å². The third-order valence-electron chi connectivity index (χ3n) is 5.41. The van der Waals surface area contributed by atoms with Crippen LogP contribution in [0.15, 0.2) is 27.8 Å². The molecule has 158 valence electrons. The van der Waals surface area contributed by atoms with Gasteiger partial charge in [0.25, 0.3) is 0 Å². The molecule has 2 aliphatic rings. The van der Waals surface area contributed by atoms with Gasteiger partial charge in [-0.15, -0.1) is 24.0 Å². The molecule has 6 nitrogen and oxygen atoms in total. The van der Waals surface area contributed by atoms with E-state index in [1.165, 1.54) is 32.1 Å². The van der Waals surface area contributed by atoms with E-state index in [9.17, 15) is 4.79 Å². The molecule has 1 amide bonds. The van der Waals surface area contributed by atoms with Crippen molar-refractivity contribution in [2.45, 2.75) is 43.3 Å². The smallest absolute Gasteiger partial charge is 0.243 e. The van der Waals surface area contributed by atoms with Crippen LogP contribution in [-0.2, 0) is 11.2 Å². The number of guanidine groups is 1. The molecule has 2 heterocycles. The van der Waals surface area contributed by atoms with Gasteiger partial charge in [0.15, 0.2) is 5.96 Å². The number of amides is 1. The van der Waals surface area contributed by atoms with Gasteiger partial charge in [-0.05, 0) is 25.0 Å². The van der Waals surface area contributed by atoms with Crippen LogP contribution in [-0.4, -0.2) is 72.4 Å². The molecule has 2 fully saturated rings. The fourth-order valence-electron chi connectivity index (χ4n) is 3.83. The number of aliphatic imine (C=N–C) groups is 1. The molecule has 0 bridgehead atoms. The molecule has 1 saturated carbocycles. The standard InChI is InChI=1S/C20H32N4O2S.HI/c1-23(2)18(25)15-22-19(21-11-8-17-7-6-13-26-17)24-12-14-27-20(16-24)9-4-3-5-10-20;/h6-7,13H,3-5,8-12,14-16H2,1-2H3,(H,21,22);1H. The second kappa shape index (κ2) is 11.3. The summed E-state index contributed by atoms with van der Waals surface area (Å²) in [6.45, 7) is 2.95. The Balaban J connectivity index is 0.00000280. The first-order valence-electron chi connectivity index (χ1n) is 9.98. The number of nitrogens with zero attached hydrogens (tertiary/aromatic N) is 3. The Hall–Kier alpha value is -0.900. The normalized spacial score (nSPS) is 19.2. The van der Waals surface area contributed by atoms with Crippen LogP contribution in [0.5, 0.6) is 0 Å². The van der Waals surface area contributed by atoms with Gasteiger partial charge in [-0.1, -0.05) is 19.3 Å². The minimum absolute atomic E-state index is 0. The van der Waals surface area contributed by atoms with Crippen LogP contribution in [0.2, 0.25) is 0 Å². The van der Waals surface area contributed by atoms with E-state index in [1.54, 1.807) is 25.3 Å². The molecule has 1 aliphatic carbocycles. The van der Waals surface area contributed by atoms with E-state index < -0.39 is 0 Å². The predicted octanol–water partition coefficient (Wildman–Crippen LogP) is 3.23. The summed E-state index contributed by atoms with van der Waals surface area (Å²) in [5.41, 5.74) is 0. The van der Waals surface area contributed by atoms with Crippen molar-refractivity contribution in [3.05, 3.63) is 24.2 Å². The average Bonchev–Trinajstić information content (AvgIpc) is 3.18. The number of rotatable bonds is 5. The lowest BCUT2D eigenvalue weighted by molar-refractivity contribution is -0.127. The van der Waals surface area contributed by atoms with Crippen LogP contribution in [0.3, 0.4) is 0 Å². The number of carbonyl (C=O) groups excluding carboxylic acids is 1. The molecule has 0 unspecified atom stereocenters. The topological polar surface area (TPSA) is 61.1 Å². The number of halogens is 1. The fourth-order valence-corrected chi connectivity index (χ4v) is 5.40. The molecule has 1 N–H and O–H groups in total. The number of likely N-dealkylation sites (N-methyl/N-ethyl adjacent to an activating group) is 1. The summed E-state index contributed by atoms with van der Waals surface area (Å²) in [6.07, 6.45) is 9.13. The quantitative estimate of drug-likeness (QED) is 0.367. The Morgan fingerprint density at radius 1 is 1.36 bits per heavy atom. The van der Waals surface area contributed by atoms with Crippen molar-refractivity contribution in [1.29, 1.82) is 0 Å². The van der Waals surface area contributed by atoms with Crippen LogP contribution in [0, 0.1) is 0 Å². The maximum Gasteiger partial charge on any atom is 0.243 e. The van der Waals surface area contributed by atoms with Crippen LogP contribution in [0.4, 0.5) is 0 Å². The van der Waals surface area contributed by atoms with Gasteiger partial charge in [-0.3, -0.25) is 4.79 Å². The Bertz CT molecular complexity index is 625. The molecule has 1 saturated heterocycles. The Morgan fingerprint density at radius 3 is 2.82 bits per heavy atom. The zero-order chi connectivity index (χ0) is 19.1. The van der Waals surface area contributed by atoms with Gasteiger partial charge in [-0.25, -0.2) is 4.99 Å². The van der Waals surface area contributed by atoms with Gasteiger partial charge in [0, 0.05) is 50.7 Å². The number of carbonyl (C=O) groups is 1. The minimum Gasteiger partial charge on any atom is -0.469 e. The zero-order valence-corrected chi connectivity index (χ0v) is 20.1. The van der Waals surface area contributed by atoms with E-state index >= 15 is 0 Å². The lowest BCUT2D eigenvalue weighted by atomic mass is 9.87. The molecule has 1 aromatic heterocycles. The van der Waals surface area contributed by atoms with Crippen molar-refractivity contribution >= 4 is 47.6 Å². The summed E-state index contributed by atoms with van der Waals surface area (Å²) in [7, 11) is 3.55. The third-order valence-corrected chi connectivity index (χ3v) is 6.95. The van der Waals surface area contributed by atoms with Crippen LogP contribution >= 0.6 is 35.7 Å². The zero-order valence-electron chi connectivity index (χ0n) is 17.0. The first-order valence-corrected chi connectivity index (χ1v) is 11.0. The Morgan fingerprint density at radius 2 is 2.14 bits per heavy atom. The lowest BCUT2D eigenvalue weighted by Gasteiger charge is -2.45. The van der Waals surface area contributed by atoms with Crippen molar-refractivity contribution in [2.75, 3.05) is 46.0 Å². The molecular formula is C20H33IN4O2S. The highest BCUT2D eigenvalue weighted by molar-refractivity contribution is 14.0. The second-order valence-corrected chi connectivity index (χ2v) is 9.26. The number of thioether (sulfide) groups is 1. The first kappa shape index (κ1) is 23.4. The summed E-state index contributed by atoms with van der Waals surface area (Å²) in [4.78, 5) is 20.7. The summed E-state index contributed by atoms with van der Waals surface area (Å²) in [5, 5.41) is 3.48. The second-order valence-electron chi connectivity index (χ2n) is 7.70. The highest BCUT2D eigenvalue weighted by Crippen LogP contribution is 2.42. The Kier molecular flexibility index (Phi) is 9.46. The molecule has 0 radical (unpaired) electrons. The number of nitrogens with one attached hydrogen (secondary N) is 1. The molecule has 28 heavy (non-hydrogen) atoms. The molecule has 3 rings (SSSR count). The largest absolute Gasteiger partial charge is 0.469 e. The maximum atomic E-state index is 12.0. The van der Waals surface area contributed by atoms with E-state index in [2.05, 4.69) is 27.0 Å². The van der Waals surface area contributed by atoms with Crippen LogP contribution in [0.1, 0.15) is 37.9 Å². The van der Waals surface area contributed by atoms with Crippen molar-refractivity contribution in [2.24, 2.45) is 4.99 Å². The van der Waals surface area contributed by atoms with Crippen LogP contribution in [0.25, 0.3) is 0 Å². The molecule has 0 atom stereocenters. The van der Waals surface area contributed by atoms with E-state index in [0.29, 0.717) is 4.75 Å². The van der Waals surface area contributed by atoms with Gasteiger partial charge < -0.3 is 19.5 Å². The minimum atomic E-state index is 0. The maximum absolute atomic E-state index is 12.0. The molecule has 8 heteroatoms. The predicted molar refractivity (Wildman–Crippen MR) is 127 cm³/mol. The van der Waals surface area contributed by atoms with Crippen LogP contribution < -0.4 is 5.32 Å². The summed E-state index contributed by atoms with van der Waals surface area (Å²) < 4.78 is 5.79. The average molecular weight is 520 g/mol. The van der Waals surface area contributed by atoms with E-state index in [-0.39, 0.29) is 36.4 Å². The van der Waals surface area contributed by atoms with Gasteiger partial charge in [-0.2, -0.15) is 11.8 Å². The van der Waals surface area contributed by atoms with E-state index in [0.717, 1.165) is 43.5 Å². The molecule has 1 spiro atoms. The molecule has 1 aromatic rings. The van der Waals surface area contributed by atoms with Crippen molar-refractivity contribution < 1.29 is 9.21 Å². The van der Waals surface area contributed by atoms with Crippen molar-refractivity contribution in [3.63, 3.8) is 0 Å². The molecular weight excluding hydrogens is 487 g/mol. The molecule has 0 aromatic carbocycles. The highest BCUT2D eigenvalue weighted by Gasteiger charge is 2.38. The van der Waals surface area contributed by atoms with Crippen molar-refractivity contribution in [1.82, 2.24) is 15.1 Å². The lowest BCUT2D eigenvalue weighted by Crippen LogP contribution is -2.54. The number of hydrogen-bond acceptors (Lipinski definition) is 4. The van der Waals surface area contributed by atoms with Crippen molar-refractivity contribution in [3.8, 4) is 0 Å². The van der Waals surface area contributed by atoms with E-state index in [4.69, 9.17) is 4.42 Å². The number of hydrogen-bond donors (Lipinski definition) is 1. The van der Waals surface area contributed by atoms with Gasteiger partial charge >= 0.3 is 0 Å². The summed E-state index contributed by atoms with van der Waals surface area (Å²) in [5.74, 6) is 2.98. The Labute approximate surface area is 189 Å². The summed E-state index contributed by atoms with van der Waals surface area (Å²) >= 11 is 2.14. The number of furan rings is 1. The van der Waals surface area contributed by atoms with Gasteiger partial charge in [0.2, 0.25) is 5.91 Å². The van der Waals surface area contributed by atoms with E-state index in [1.807, 2.05) is 12.1 Å². The highest BCUT2D eigenvalue weighted by atomic mass is 127. The SMILES string of the molecule is CN(C)C(=O)CN=C(NCCc1ccco1)N1CCSC2(CCCCC2)C1.I. The summed E-state index contributed by atoms with van der Waals surface area (Å²) in [6, 6.07) is 3.90. The molecule has 1 aliphatic heterocycles. The fraction of sp³-hybridized carbons (Fsp3) is 0.700. The first-order chi connectivity index (χ1) is 13.1. The monoisotopic (exact) mass is 520 g/mol. The van der Waals surface area contributed by atoms with Gasteiger partial charge in [0.1, 0.15) is 12.3 Å².